The van der Waals surface area contributed by atoms with Crippen molar-refractivity contribution in [2.24, 2.45) is 5.92 Å². The van der Waals surface area contributed by atoms with E-state index in [1.54, 1.807) is 0 Å². The normalized spacial score (nSPS) is 14.2. The van der Waals surface area contributed by atoms with Gasteiger partial charge in [0.25, 0.3) is 5.91 Å². The highest BCUT2D eigenvalue weighted by atomic mass is 35.5. The van der Waals surface area contributed by atoms with Crippen LogP contribution in [-0.4, -0.2) is 47.6 Å². The summed E-state index contributed by atoms with van der Waals surface area (Å²) in [6, 6.07) is 15.6. The van der Waals surface area contributed by atoms with Gasteiger partial charge in [-0.1, -0.05) is 35.0 Å². The number of fused-ring (bicyclic) bond motifs is 1. The lowest BCUT2D eigenvalue weighted by molar-refractivity contribution is 0.0893. The number of aromatic nitrogens is 2. The lowest BCUT2D eigenvalue weighted by atomic mass is 10.0. The van der Waals surface area contributed by atoms with Crippen molar-refractivity contribution in [3.63, 3.8) is 0 Å². The van der Waals surface area contributed by atoms with Gasteiger partial charge in [-0.25, -0.2) is 4.98 Å². The molecule has 0 unspecified atom stereocenters. The van der Waals surface area contributed by atoms with Gasteiger partial charge in [-0.05, 0) is 62.4 Å². The minimum atomic E-state index is -0.165. The molecule has 0 spiro atoms. The van der Waals surface area contributed by atoms with Crippen LogP contribution >= 0.6 is 11.6 Å². The number of likely N-dealkylation sites (tertiary alicyclic amines) is 1. The van der Waals surface area contributed by atoms with E-state index in [0.29, 0.717) is 29.7 Å². The van der Waals surface area contributed by atoms with Crippen molar-refractivity contribution in [3.8, 4) is 11.1 Å². The van der Waals surface area contributed by atoms with Crippen LogP contribution in [0.5, 0.6) is 0 Å². The summed E-state index contributed by atoms with van der Waals surface area (Å²) in [6.07, 6.45) is 0. The Balaban J connectivity index is 1.49. The Morgan fingerprint density at radius 2 is 2.00 bits per heavy atom. The maximum absolute atomic E-state index is 13.0. The van der Waals surface area contributed by atoms with Crippen LogP contribution in [0.3, 0.4) is 0 Å². The first-order chi connectivity index (χ1) is 16.9. The van der Waals surface area contributed by atoms with E-state index in [1.165, 1.54) is 0 Å². The van der Waals surface area contributed by atoms with Crippen molar-refractivity contribution in [2.45, 2.75) is 20.4 Å². The van der Waals surface area contributed by atoms with Crippen LogP contribution in [0, 0.1) is 19.8 Å². The fourth-order valence-electron chi connectivity index (χ4n) is 4.67. The molecule has 35 heavy (non-hydrogen) atoms. The molecule has 0 bridgehead atoms. The molecular weight excluding hydrogens is 462 g/mol. The third-order valence-corrected chi connectivity index (χ3v) is 6.66. The molecule has 2 N–H and O–H groups in total. The van der Waals surface area contributed by atoms with Crippen molar-refractivity contribution < 1.29 is 9.32 Å². The highest BCUT2D eigenvalue weighted by molar-refractivity contribution is 6.30. The van der Waals surface area contributed by atoms with Crippen molar-refractivity contribution in [3.05, 3.63) is 76.3 Å². The Kier molecular flexibility index (Phi) is 6.45. The Hall–Kier alpha value is -3.42. The number of hydrogen-bond donors (Lipinski definition) is 2. The molecule has 1 aliphatic rings. The number of benzene rings is 2. The van der Waals surface area contributed by atoms with Crippen LogP contribution in [0.15, 0.2) is 53.1 Å². The van der Waals surface area contributed by atoms with E-state index in [0.717, 1.165) is 57.8 Å². The quantitative estimate of drug-likeness (QED) is 0.377. The summed E-state index contributed by atoms with van der Waals surface area (Å²) in [5.74, 6) is 1.09. The zero-order chi connectivity index (χ0) is 24.5. The number of carbonyl (C=O) groups excluding carboxylic acids is 1. The molecule has 180 valence electrons. The zero-order valence-electron chi connectivity index (χ0n) is 20.1. The Morgan fingerprint density at radius 3 is 2.71 bits per heavy atom. The fourth-order valence-corrected chi connectivity index (χ4v) is 4.88. The van der Waals surface area contributed by atoms with Crippen molar-refractivity contribution in [1.29, 1.82) is 0 Å². The number of nitrogens with zero attached hydrogens (tertiary/aromatic N) is 3. The Labute approximate surface area is 209 Å². The molecule has 7 nitrogen and oxygen atoms in total. The largest absolute Gasteiger partial charge is 0.380 e. The van der Waals surface area contributed by atoms with Crippen LogP contribution in [-0.2, 0) is 6.54 Å². The molecule has 4 aromatic rings. The van der Waals surface area contributed by atoms with Gasteiger partial charge in [0, 0.05) is 53.8 Å². The number of carbonyl (C=O) groups is 1. The molecule has 1 fully saturated rings. The second kappa shape index (κ2) is 9.68. The van der Waals surface area contributed by atoms with Gasteiger partial charge < -0.3 is 20.1 Å². The molecule has 5 rings (SSSR count). The molecule has 3 heterocycles. The summed E-state index contributed by atoms with van der Waals surface area (Å²) in [7, 11) is 2.08. The molecule has 0 saturated carbocycles. The van der Waals surface area contributed by atoms with Crippen molar-refractivity contribution in [1.82, 2.24) is 20.4 Å². The molecule has 0 aliphatic carbocycles. The average Bonchev–Trinajstić information content (AvgIpc) is 3.16. The van der Waals surface area contributed by atoms with Crippen molar-refractivity contribution in [2.75, 3.05) is 32.0 Å². The van der Waals surface area contributed by atoms with Gasteiger partial charge in [-0.15, -0.1) is 0 Å². The van der Waals surface area contributed by atoms with E-state index >= 15 is 0 Å². The SMILES string of the molecule is Cc1noc(C)c1-c1ccc2nc(C(=O)NCC3CN(C)C3)cc(NCc3cccc(Cl)c3)c2c1. The summed E-state index contributed by atoms with van der Waals surface area (Å²) in [5, 5.41) is 12.2. The van der Waals surface area contributed by atoms with Crippen LogP contribution in [0.25, 0.3) is 22.0 Å². The minimum absolute atomic E-state index is 0.165. The van der Waals surface area contributed by atoms with Gasteiger partial charge in [0.2, 0.25) is 0 Å². The van der Waals surface area contributed by atoms with E-state index in [1.807, 2.05) is 56.3 Å². The Bertz CT molecular complexity index is 1370. The van der Waals surface area contributed by atoms with Gasteiger partial charge in [0.1, 0.15) is 11.5 Å². The number of rotatable bonds is 7. The second-order valence-electron chi connectivity index (χ2n) is 9.27. The molecule has 1 aliphatic heterocycles. The van der Waals surface area contributed by atoms with E-state index in [9.17, 15) is 4.79 Å². The summed E-state index contributed by atoms with van der Waals surface area (Å²) < 4.78 is 5.38. The number of nitrogens with one attached hydrogen (secondary N) is 2. The molecule has 1 saturated heterocycles. The standard InChI is InChI=1S/C27H28ClN5O2/c1-16-26(17(2)35-32-16)20-7-8-23-22(10-20)24(29-12-18-5-4-6-21(28)9-18)11-25(31-23)27(34)30-13-19-14-33(3)15-19/h4-11,19H,12-15H2,1-3H3,(H,29,31)(H,30,34). The van der Waals surface area contributed by atoms with Crippen LogP contribution in [0.1, 0.15) is 27.5 Å². The smallest absolute Gasteiger partial charge is 0.269 e. The molecule has 1 amide bonds. The van der Waals surface area contributed by atoms with Crippen molar-refractivity contribution >= 4 is 34.1 Å². The molecular formula is C27H28ClN5O2. The van der Waals surface area contributed by atoms with Crippen LogP contribution in [0.2, 0.25) is 5.02 Å². The third kappa shape index (κ3) is 5.01. The van der Waals surface area contributed by atoms with Gasteiger partial charge in [0.15, 0.2) is 0 Å². The molecule has 2 aromatic carbocycles. The average molecular weight is 490 g/mol. The lowest BCUT2D eigenvalue weighted by Gasteiger charge is -2.36. The summed E-state index contributed by atoms with van der Waals surface area (Å²) >= 11 is 6.17. The summed E-state index contributed by atoms with van der Waals surface area (Å²) in [6.45, 7) is 7.05. The van der Waals surface area contributed by atoms with Gasteiger partial charge >= 0.3 is 0 Å². The highest BCUT2D eigenvalue weighted by Gasteiger charge is 2.24. The number of aryl methyl sites for hydroxylation is 2. The first-order valence-electron chi connectivity index (χ1n) is 11.7. The maximum atomic E-state index is 13.0. The maximum Gasteiger partial charge on any atom is 0.269 e. The molecule has 0 atom stereocenters. The fraction of sp³-hybridized carbons (Fsp3) is 0.296. The van der Waals surface area contributed by atoms with Gasteiger partial charge in [-0.2, -0.15) is 0 Å². The number of pyridine rings is 1. The number of amides is 1. The zero-order valence-corrected chi connectivity index (χ0v) is 20.8. The molecule has 0 radical (unpaired) electrons. The predicted molar refractivity (Wildman–Crippen MR) is 139 cm³/mol. The van der Waals surface area contributed by atoms with E-state index in [4.69, 9.17) is 16.1 Å². The topological polar surface area (TPSA) is 83.3 Å². The molecule has 8 heteroatoms. The van der Waals surface area contributed by atoms with E-state index in [2.05, 4.69) is 38.8 Å². The third-order valence-electron chi connectivity index (χ3n) is 6.43. The second-order valence-corrected chi connectivity index (χ2v) is 9.70. The number of hydrogen-bond acceptors (Lipinski definition) is 6. The number of anilines is 1. The van der Waals surface area contributed by atoms with Gasteiger partial charge in [-0.3, -0.25) is 4.79 Å². The van der Waals surface area contributed by atoms with E-state index in [-0.39, 0.29) is 5.91 Å². The Morgan fingerprint density at radius 1 is 1.17 bits per heavy atom. The molecule has 2 aromatic heterocycles. The summed E-state index contributed by atoms with van der Waals surface area (Å²) in [4.78, 5) is 19.9. The first kappa shape index (κ1) is 23.3. The summed E-state index contributed by atoms with van der Waals surface area (Å²) in [5.41, 5.74) is 5.81. The van der Waals surface area contributed by atoms with Gasteiger partial charge in [0.05, 0.1) is 11.2 Å². The monoisotopic (exact) mass is 489 g/mol. The minimum Gasteiger partial charge on any atom is -0.380 e. The van der Waals surface area contributed by atoms with E-state index < -0.39 is 0 Å². The van der Waals surface area contributed by atoms with Crippen LogP contribution < -0.4 is 10.6 Å². The predicted octanol–water partition coefficient (Wildman–Crippen LogP) is 5.06. The highest BCUT2D eigenvalue weighted by Crippen LogP contribution is 2.32. The first-order valence-corrected chi connectivity index (χ1v) is 12.1. The van der Waals surface area contributed by atoms with Crippen LogP contribution in [0.4, 0.5) is 5.69 Å². The lowest BCUT2D eigenvalue weighted by Crippen LogP contribution is -2.49. The number of halogens is 1.